The van der Waals surface area contributed by atoms with Gasteiger partial charge in [0.2, 0.25) is 0 Å². The summed E-state index contributed by atoms with van der Waals surface area (Å²) in [4.78, 5) is 72.1. The minimum absolute atomic E-state index is 0.101. The Labute approximate surface area is 505 Å². The molecule has 0 bridgehead atoms. The summed E-state index contributed by atoms with van der Waals surface area (Å²) in [6, 6.07) is 0. The molecule has 17 nitrogen and oxygen atoms in total. The van der Waals surface area contributed by atoms with Crippen LogP contribution in [0.25, 0.3) is 0 Å². The summed E-state index contributed by atoms with van der Waals surface area (Å²) in [6.45, 7) is 13.9. The monoisotopic (exact) mass is 1230 g/mol. The van der Waals surface area contributed by atoms with Gasteiger partial charge in [0.1, 0.15) is 19.3 Å². The van der Waals surface area contributed by atoms with Crippen LogP contribution in [0.2, 0.25) is 0 Å². The van der Waals surface area contributed by atoms with Gasteiger partial charge in [-0.05, 0) is 49.4 Å². The Kier molecular flexibility index (Phi) is 53.0. The highest BCUT2D eigenvalue weighted by molar-refractivity contribution is 7.47. The summed E-state index contributed by atoms with van der Waals surface area (Å²) in [6.07, 6.45) is 33.8. The van der Waals surface area contributed by atoms with Crippen LogP contribution in [0.1, 0.15) is 306 Å². The maximum absolute atomic E-state index is 13.0. The molecular formula is C64H124O17P2. The van der Waals surface area contributed by atoms with Gasteiger partial charge in [-0.3, -0.25) is 37.3 Å². The van der Waals surface area contributed by atoms with E-state index in [4.69, 9.17) is 37.0 Å². The van der Waals surface area contributed by atoms with E-state index >= 15 is 0 Å². The van der Waals surface area contributed by atoms with Gasteiger partial charge in [-0.2, -0.15) is 0 Å². The van der Waals surface area contributed by atoms with Gasteiger partial charge in [0.25, 0.3) is 0 Å². The van der Waals surface area contributed by atoms with E-state index in [-0.39, 0.29) is 25.7 Å². The summed E-state index contributed by atoms with van der Waals surface area (Å²) in [5.41, 5.74) is 0. The molecule has 0 saturated heterocycles. The van der Waals surface area contributed by atoms with Gasteiger partial charge in [-0.15, -0.1) is 0 Å². The highest BCUT2D eigenvalue weighted by Gasteiger charge is 2.30. The molecule has 0 aromatic carbocycles. The van der Waals surface area contributed by atoms with Crippen LogP contribution in [-0.4, -0.2) is 96.7 Å². The fraction of sp³-hybridized carbons (Fsp3) is 0.938. The second-order valence-electron chi connectivity index (χ2n) is 24.8. The molecule has 0 aliphatic carbocycles. The first kappa shape index (κ1) is 81.1. The summed E-state index contributed by atoms with van der Waals surface area (Å²) >= 11 is 0. The predicted molar refractivity (Wildman–Crippen MR) is 331 cm³/mol. The number of carbonyl (C=O) groups excluding carboxylic acids is 4. The summed E-state index contributed by atoms with van der Waals surface area (Å²) < 4.78 is 67.9. The molecule has 0 aliphatic heterocycles. The van der Waals surface area contributed by atoms with E-state index in [1.165, 1.54) is 109 Å². The first-order chi connectivity index (χ1) is 39.6. The molecule has 83 heavy (non-hydrogen) atoms. The van der Waals surface area contributed by atoms with E-state index < -0.39 is 97.5 Å². The van der Waals surface area contributed by atoms with E-state index in [0.29, 0.717) is 37.5 Å². The average Bonchev–Trinajstić information content (AvgIpc) is 3.44. The minimum Gasteiger partial charge on any atom is -0.462 e. The zero-order valence-electron chi connectivity index (χ0n) is 53.8. The predicted octanol–water partition coefficient (Wildman–Crippen LogP) is 17.4. The number of rotatable bonds is 61. The standard InChI is InChI=1S/C64H124O17P2/c1-9-57(8)43-35-27-17-12-10-11-13-18-28-36-44-61(66)74-50-59(80-63(68)46-38-30-22-20-25-33-41-55(4)5)52-78-82(70,71)76-48-58(65)49-77-83(72,73)79-53-60(81-64(69)47-39-31-23-21-26-34-42-56(6)7)51-75-62(67)45-37-29-19-15-14-16-24-32-40-54(2)3/h54-60,65H,9-53H2,1-8H3,(H,70,71)(H,72,73)/t57?,58?,59-,60-/m1/s1. The van der Waals surface area contributed by atoms with Crippen molar-refractivity contribution in [2.24, 2.45) is 23.7 Å². The third-order valence-corrected chi connectivity index (χ3v) is 16.8. The zero-order chi connectivity index (χ0) is 61.8. The maximum atomic E-state index is 13.0. The number of unbranched alkanes of at least 4 members (excludes halogenated alkanes) is 26. The van der Waals surface area contributed by atoms with Gasteiger partial charge >= 0.3 is 39.5 Å². The van der Waals surface area contributed by atoms with Gasteiger partial charge in [0, 0.05) is 25.7 Å². The first-order valence-corrected chi connectivity index (χ1v) is 36.2. The molecule has 0 rings (SSSR count). The summed E-state index contributed by atoms with van der Waals surface area (Å²) in [5.74, 6) is 0.728. The molecule has 0 amide bonds. The lowest BCUT2D eigenvalue weighted by atomic mass is 9.99. The van der Waals surface area contributed by atoms with E-state index in [9.17, 15) is 43.2 Å². The fourth-order valence-electron chi connectivity index (χ4n) is 9.40. The lowest BCUT2D eigenvalue weighted by molar-refractivity contribution is -0.161. The van der Waals surface area contributed by atoms with Crippen molar-refractivity contribution in [1.29, 1.82) is 0 Å². The molecule has 6 atom stereocenters. The second kappa shape index (κ2) is 54.2. The third-order valence-electron chi connectivity index (χ3n) is 14.9. The van der Waals surface area contributed by atoms with Gasteiger partial charge in [0.15, 0.2) is 12.2 Å². The van der Waals surface area contributed by atoms with Gasteiger partial charge < -0.3 is 33.8 Å². The van der Waals surface area contributed by atoms with E-state index in [1.54, 1.807) is 0 Å². The Balaban J connectivity index is 5.21. The van der Waals surface area contributed by atoms with Crippen molar-refractivity contribution in [3.63, 3.8) is 0 Å². The highest BCUT2D eigenvalue weighted by atomic mass is 31.2. The SMILES string of the molecule is CCC(C)CCCCCCCCCCCCC(=O)OC[C@H](COP(=O)(O)OCC(O)COP(=O)(O)OC[C@@H](COC(=O)CCCCCCCCCCC(C)C)OC(=O)CCCCCCCCC(C)C)OC(=O)CCCCCCCCC(C)C. The quantitative estimate of drug-likeness (QED) is 0.0222. The van der Waals surface area contributed by atoms with Crippen LogP contribution in [0.15, 0.2) is 0 Å². The van der Waals surface area contributed by atoms with Crippen molar-refractivity contribution in [2.75, 3.05) is 39.6 Å². The number of aliphatic hydroxyl groups is 1. The lowest BCUT2D eigenvalue weighted by Crippen LogP contribution is -2.30. The number of phosphoric acid groups is 2. The largest absolute Gasteiger partial charge is 0.472 e. The Bertz CT molecular complexity index is 1660. The lowest BCUT2D eigenvalue weighted by Gasteiger charge is -2.21. The minimum atomic E-state index is -4.94. The molecule has 0 aliphatic rings. The van der Waals surface area contributed by atoms with E-state index in [1.807, 2.05) is 0 Å². The summed E-state index contributed by atoms with van der Waals surface area (Å²) in [5, 5.41) is 10.5. The van der Waals surface area contributed by atoms with Crippen LogP contribution in [0.5, 0.6) is 0 Å². The topological polar surface area (TPSA) is 237 Å². The highest BCUT2D eigenvalue weighted by Crippen LogP contribution is 2.45. The number of ether oxygens (including phenoxy) is 4. The molecule has 0 spiro atoms. The Morgan fingerprint density at radius 2 is 0.578 bits per heavy atom. The van der Waals surface area contributed by atoms with Crippen LogP contribution >= 0.6 is 15.6 Å². The first-order valence-electron chi connectivity index (χ1n) is 33.2. The number of phosphoric ester groups is 2. The molecule has 0 saturated carbocycles. The van der Waals surface area contributed by atoms with Crippen LogP contribution in [0.4, 0.5) is 0 Å². The number of hydrogen-bond donors (Lipinski definition) is 3. The third kappa shape index (κ3) is 57.6. The number of hydrogen-bond acceptors (Lipinski definition) is 15. The molecule has 0 aromatic heterocycles. The van der Waals surface area contributed by atoms with E-state index in [2.05, 4.69) is 55.4 Å². The fourth-order valence-corrected chi connectivity index (χ4v) is 11.0. The van der Waals surface area contributed by atoms with Crippen molar-refractivity contribution >= 4 is 39.5 Å². The molecule has 3 N–H and O–H groups in total. The number of carbonyl (C=O) groups is 4. The van der Waals surface area contributed by atoms with Crippen LogP contribution in [0, 0.1) is 23.7 Å². The van der Waals surface area contributed by atoms with Gasteiger partial charge in [0.05, 0.1) is 26.4 Å². The molecule has 492 valence electrons. The molecule has 19 heteroatoms. The molecular weight excluding hydrogens is 1100 g/mol. The van der Waals surface area contributed by atoms with Crippen LogP contribution in [-0.2, 0) is 65.4 Å². The van der Waals surface area contributed by atoms with Crippen molar-refractivity contribution in [2.45, 2.75) is 324 Å². The zero-order valence-corrected chi connectivity index (χ0v) is 55.6. The normalized spacial score (nSPS) is 14.8. The van der Waals surface area contributed by atoms with Crippen LogP contribution in [0.3, 0.4) is 0 Å². The Morgan fingerprint density at radius 3 is 0.855 bits per heavy atom. The molecule has 0 radical (unpaired) electrons. The maximum Gasteiger partial charge on any atom is 0.472 e. The molecule has 0 aromatic rings. The Hall–Kier alpha value is -1.94. The van der Waals surface area contributed by atoms with Crippen molar-refractivity contribution in [3.8, 4) is 0 Å². The Morgan fingerprint density at radius 1 is 0.337 bits per heavy atom. The number of esters is 4. The molecule has 0 heterocycles. The van der Waals surface area contributed by atoms with Crippen LogP contribution < -0.4 is 0 Å². The van der Waals surface area contributed by atoms with Crippen molar-refractivity contribution < 1.29 is 80.2 Å². The molecule has 0 fully saturated rings. The van der Waals surface area contributed by atoms with Gasteiger partial charge in [-0.25, -0.2) is 9.13 Å². The van der Waals surface area contributed by atoms with Crippen molar-refractivity contribution in [1.82, 2.24) is 0 Å². The number of aliphatic hydroxyl groups excluding tert-OH is 1. The van der Waals surface area contributed by atoms with E-state index in [0.717, 1.165) is 102 Å². The van der Waals surface area contributed by atoms with Crippen molar-refractivity contribution in [3.05, 3.63) is 0 Å². The average molecular weight is 1230 g/mol. The smallest absolute Gasteiger partial charge is 0.462 e. The molecule has 4 unspecified atom stereocenters. The summed E-state index contributed by atoms with van der Waals surface area (Å²) in [7, 11) is -9.89. The van der Waals surface area contributed by atoms with Gasteiger partial charge in [-0.1, -0.05) is 254 Å². The second-order valence-corrected chi connectivity index (χ2v) is 27.7.